The van der Waals surface area contributed by atoms with E-state index in [0.29, 0.717) is 0 Å². The second-order valence-corrected chi connectivity index (χ2v) is 3.61. The summed E-state index contributed by atoms with van der Waals surface area (Å²) in [5, 5.41) is 9.29. The number of amides is 1. The lowest BCUT2D eigenvalue weighted by atomic mass is 9.87. The maximum absolute atomic E-state index is 10.5. The van der Waals surface area contributed by atoms with Crippen molar-refractivity contribution in [1.82, 2.24) is 0 Å². The summed E-state index contributed by atoms with van der Waals surface area (Å²) in [5.41, 5.74) is 4.91. The number of hydrogen-bond acceptors (Lipinski definition) is 4. The molecule has 1 rings (SSSR count). The standard InChI is InChI=1S/C9H17NO4/c1-13-8(14-9(10)12)6-2-4-7(11)5-3-6/h6-8,11H,2-5H2,1H3,(H2,10,12). The van der Waals surface area contributed by atoms with Crippen molar-refractivity contribution in [2.24, 2.45) is 11.7 Å². The maximum Gasteiger partial charge on any atom is 0.406 e. The lowest BCUT2D eigenvalue weighted by Crippen LogP contribution is -2.34. The van der Waals surface area contributed by atoms with Gasteiger partial charge in [0.25, 0.3) is 0 Å². The molecule has 0 bridgehead atoms. The van der Waals surface area contributed by atoms with Crippen LogP contribution in [-0.2, 0) is 9.47 Å². The van der Waals surface area contributed by atoms with E-state index in [1.807, 2.05) is 0 Å². The number of carbonyl (C=O) groups is 1. The SMILES string of the molecule is COC(OC(N)=O)C1CCC(O)CC1. The Morgan fingerprint density at radius 3 is 2.43 bits per heavy atom. The van der Waals surface area contributed by atoms with Gasteiger partial charge < -0.3 is 20.3 Å². The van der Waals surface area contributed by atoms with Crippen LogP contribution in [-0.4, -0.2) is 30.7 Å². The van der Waals surface area contributed by atoms with Crippen LogP contribution in [0.15, 0.2) is 0 Å². The number of ether oxygens (including phenoxy) is 2. The number of primary amides is 1. The van der Waals surface area contributed by atoms with Gasteiger partial charge in [0, 0.05) is 13.0 Å². The molecule has 0 radical (unpaired) electrons. The molecule has 0 spiro atoms. The Labute approximate surface area is 83.2 Å². The maximum atomic E-state index is 10.5. The first-order valence-corrected chi connectivity index (χ1v) is 4.80. The summed E-state index contributed by atoms with van der Waals surface area (Å²) in [6.07, 6.45) is 1.44. The van der Waals surface area contributed by atoms with Crippen LogP contribution in [0, 0.1) is 5.92 Å². The largest absolute Gasteiger partial charge is 0.419 e. The molecule has 1 fully saturated rings. The van der Waals surface area contributed by atoms with Crippen LogP contribution in [0.3, 0.4) is 0 Å². The van der Waals surface area contributed by atoms with Crippen molar-refractivity contribution < 1.29 is 19.4 Å². The van der Waals surface area contributed by atoms with Crippen molar-refractivity contribution >= 4 is 6.09 Å². The smallest absolute Gasteiger partial charge is 0.406 e. The molecule has 3 N–H and O–H groups in total. The number of aliphatic hydroxyl groups is 1. The van der Waals surface area contributed by atoms with Crippen LogP contribution < -0.4 is 5.73 Å². The average Bonchev–Trinajstić information content (AvgIpc) is 2.15. The Morgan fingerprint density at radius 1 is 1.43 bits per heavy atom. The number of nitrogens with two attached hydrogens (primary N) is 1. The Hall–Kier alpha value is -0.810. The van der Waals surface area contributed by atoms with E-state index >= 15 is 0 Å². The molecule has 1 atom stereocenters. The molecule has 5 heteroatoms. The Kier molecular flexibility index (Phi) is 4.16. The molecule has 0 aliphatic heterocycles. The summed E-state index contributed by atoms with van der Waals surface area (Å²) < 4.78 is 9.84. The highest BCUT2D eigenvalue weighted by molar-refractivity contribution is 5.64. The zero-order chi connectivity index (χ0) is 10.6. The molecule has 0 saturated heterocycles. The van der Waals surface area contributed by atoms with Crippen LogP contribution in [0.1, 0.15) is 25.7 Å². The lowest BCUT2D eigenvalue weighted by molar-refractivity contribution is -0.126. The molecule has 5 nitrogen and oxygen atoms in total. The first kappa shape index (κ1) is 11.3. The van der Waals surface area contributed by atoms with Gasteiger partial charge in [0.15, 0.2) is 0 Å². The van der Waals surface area contributed by atoms with Gasteiger partial charge in [-0.05, 0) is 25.7 Å². The van der Waals surface area contributed by atoms with Crippen molar-refractivity contribution in [3.63, 3.8) is 0 Å². The minimum Gasteiger partial charge on any atom is -0.419 e. The first-order chi connectivity index (χ1) is 6.63. The molecule has 14 heavy (non-hydrogen) atoms. The van der Waals surface area contributed by atoms with Crippen molar-refractivity contribution in [2.45, 2.75) is 38.1 Å². The summed E-state index contributed by atoms with van der Waals surface area (Å²) in [5.74, 6) is 0.149. The zero-order valence-corrected chi connectivity index (χ0v) is 8.31. The van der Waals surface area contributed by atoms with Crippen LogP contribution in [0.5, 0.6) is 0 Å². The van der Waals surface area contributed by atoms with Crippen LogP contribution >= 0.6 is 0 Å². The summed E-state index contributed by atoms with van der Waals surface area (Å²) in [7, 11) is 1.48. The Bertz CT molecular complexity index is 189. The van der Waals surface area contributed by atoms with Gasteiger partial charge in [0.2, 0.25) is 6.29 Å². The number of hydrogen-bond donors (Lipinski definition) is 2. The highest BCUT2D eigenvalue weighted by Crippen LogP contribution is 2.28. The summed E-state index contributed by atoms with van der Waals surface area (Å²) in [6, 6.07) is 0. The molecular formula is C9H17NO4. The van der Waals surface area contributed by atoms with E-state index in [1.165, 1.54) is 7.11 Å². The van der Waals surface area contributed by atoms with E-state index in [0.717, 1.165) is 25.7 Å². The van der Waals surface area contributed by atoms with Gasteiger partial charge in [-0.2, -0.15) is 0 Å². The molecule has 1 aliphatic rings. The topological polar surface area (TPSA) is 81.8 Å². The van der Waals surface area contributed by atoms with Crippen LogP contribution in [0.25, 0.3) is 0 Å². The molecule has 0 aromatic heterocycles. The summed E-state index contributed by atoms with van der Waals surface area (Å²) >= 11 is 0. The van der Waals surface area contributed by atoms with E-state index in [4.69, 9.17) is 15.2 Å². The molecule has 0 aromatic carbocycles. The van der Waals surface area contributed by atoms with Crippen molar-refractivity contribution in [1.29, 1.82) is 0 Å². The summed E-state index contributed by atoms with van der Waals surface area (Å²) in [4.78, 5) is 10.5. The second-order valence-electron chi connectivity index (χ2n) is 3.61. The number of carbonyl (C=O) groups excluding carboxylic acids is 1. The van der Waals surface area contributed by atoms with Crippen molar-refractivity contribution in [3.8, 4) is 0 Å². The average molecular weight is 203 g/mol. The Morgan fingerprint density at radius 2 is 2.00 bits per heavy atom. The fourth-order valence-electron chi connectivity index (χ4n) is 1.83. The quantitative estimate of drug-likeness (QED) is 0.658. The van der Waals surface area contributed by atoms with Gasteiger partial charge in [-0.25, -0.2) is 4.79 Å². The van der Waals surface area contributed by atoms with E-state index in [1.54, 1.807) is 0 Å². The Balaban J connectivity index is 2.40. The number of aliphatic hydroxyl groups excluding tert-OH is 1. The van der Waals surface area contributed by atoms with Crippen molar-refractivity contribution in [2.75, 3.05) is 7.11 Å². The third kappa shape index (κ3) is 3.16. The lowest BCUT2D eigenvalue weighted by Gasteiger charge is -2.30. The predicted octanol–water partition coefficient (Wildman–Crippen LogP) is 0.605. The normalized spacial score (nSPS) is 29.6. The molecule has 1 unspecified atom stereocenters. The monoisotopic (exact) mass is 203 g/mol. The van der Waals surface area contributed by atoms with Gasteiger partial charge >= 0.3 is 6.09 Å². The fourth-order valence-corrected chi connectivity index (χ4v) is 1.83. The first-order valence-electron chi connectivity index (χ1n) is 4.80. The number of methoxy groups -OCH3 is 1. The van der Waals surface area contributed by atoms with Crippen LogP contribution in [0.4, 0.5) is 4.79 Å². The highest BCUT2D eigenvalue weighted by atomic mass is 16.7. The van der Waals surface area contributed by atoms with E-state index in [-0.39, 0.29) is 12.0 Å². The second kappa shape index (κ2) is 5.17. The zero-order valence-electron chi connectivity index (χ0n) is 8.31. The summed E-state index contributed by atoms with van der Waals surface area (Å²) in [6.45, 7) is 0. The van der Waals surface area contributed by atoms with Gasteiger partial charge in [-0.15, -0.1) is 0 Å². The molecule has 0 aromatic rings. The van der Waals surface area contributed by atoms with Gasteiger partial charge in [0.05, 0.1) is 6.10 Å². The number of rotatable bonds is 3. The highest BCUT2D eigenvalue weighted by Gasteiger charge is 2.28. The van der Waals surface area contributed by atoms with E-state index in [2.05, 4.69) is 0 Å². The van der Waals surface area contributed by atoms with Gasteiger partial charge in [0.1, 0.15) is 0 Å². The molecule has 1 saturated carbocycles. The van der Waals surface area contributed by atoms with E-state index in [9.17, 15) is 9.90 Å². The third-order valence-corrected chi connectivity index (χ3v) is 2.59. The molecule has 82 valence electrons. The third-order valence-electron chi connectivity index (χ3n) is 2.59. The fraction of sp³-hybridized carbons (Fsp3) is 0.889. The molecule has 0 heterocycles. The van der Waals surface area contributed by atoms with Crippen molar-refractivity contribution in [3.05, 3.63) is 0 Å². The molecule has 1 amide bonds. The predicted molar refractivity (Wildman–Crippen MR) is 49.4 cm³/mol. The molecule has 1 aliphatic carbocycles. The molecular weight excluding hydrogens is 186 g/mol. The van der Waals surface area contributed by atoms with Gasteiger partial charge in [-0.1, -0.05) is 0 Å². The minimum atomic E-state index is -0.817. The minimum absolute atomic E-state index is 0.149. The van der Waals surface area contributed by atoms with Crippen LogP contribution in [0.2, 0.25) is 0 Å². The van der Waals surface area contributed by atoms with Gasteiger partial charge in [-0.3, -0.25) is 0 Å². The van der Waals surface area contributed by atoms with E-state index < -0.39 is 12.4 Å².